The molecule has 1 aromatic rings. The smallest absolute Gasteiger partial charge is 0.227 e. The lowest BCUT2D eigenvalue weighted by atomic mass is 10.1. The van der Waals surface area contributed by atoms with Gasteiger partial charge < -0.3 is 16.0 Å². The van der Waals surface area contributed by atoms with Gasteiger partial charge in [0.05, 0.1) is 0 Å². The average Bonchev–Trinajstić information content (AvgIpc) is 3.13. The molecule has 0 aliphatic heterocycles. The Morgan fingerprint density at radius 3 is 2.60 bits per heavy atom. The van der Waals surface area contributed by atoms with E-state index in [1.165, 1.54) is 12.8 Å². The van der Waals surface area contributed by atoms with Crippen molar-refractivity contribution in [3.05, 3.63) is 29.8 Å². The highest BCUT2D eigenvalue weighted by Crippen LogP contribution is 2.26. The number of benzene rings is 1. The van der Waals surface area contributed by atoms with E-state index in [-0.39, 0.29) is 11.8 Å². The number of anilines is 1. The second kappa shape index (κ2) is 9.44. The normalized spacial score (nSPS) is 16.8. The summed E-state index contributed by atoms with van der Waals surface area (Å²) in [7, 11) is 1.78. The van der Waals surface area contributed by atoms with Crippen molar-refractivity contribution in [2.24, 2.45) is 16.8 Å². The second-order valence-corrected chi connectivity index (χ2v) is 7.27. The molecule has 0 aromatic heterocycles. The van der Waals surface area contributed by atoms with Gasteiger partial charge in [0.15, 0.2) is 5.96 Å². The first-order valence-electron chi connectivity index (χ1n) is 9.36. The van der Waals surface area contributed by atoms with Gasteiger partial charge in [0.2, 0.25) is 5.91 Å². The summed E-state index contributed by atoms with van der Waals surface area (Å²) in [5.74, 6) is 1.67. The molecule has 0 radical (unpaired) electrons. The van der Waals surface area contributed by atoms with Crippen molar-refractivity contribution in [3.63, 3.8) is 0 Å². The second-order valence-electron chi connectivity index (χ2n) is 7.27. The van der Waals surface area contributed by atoms with Gasteiger partial charge in [-0.05, 0) is 43.4 Å². The van der Waals surface area contributed by atoms with Crippen LogP contribution < -0.4 is 16.0 Å². The molecule has 5 nitrogen and oxygen atoms in total. The van der Waals surface area contributed by atoms with Crippen molar-refractivity contribution < 1.29 is 4.79 Å². The molecule has 1 unspecified atom stereocenters. The summed E-state index contributed by atoms with van der Waals surface area (Å²) in [6.45, 7) is 7.18. The molecule has 25 heavy (non-hydrogen) atoms. The van der Waals surface area contributed by atoms with Gasteiger partial charge in [-0.25, -0.2) is 0 Å². The van der Waals surface area contributed by atoms with Crippen LogP contribution in [0.15, 0.2) is 29.3 Å². The van der Waals surface area contributed by atoms with Crippen LogP contribution in [0.3, 0.4) is 0 Å². The monoisotopic (exact) mass is 344 g/mol. The van der Waals surface area contributed by atoms with Crippen molar-refractivity contribution >= 4 is 17.6 Å². The molecule has 1 saturated carbocycles. The predicted octanol–water partition coefficient (Wildman–Crippen LogP) is 3.52. The molecule has 0 bridgehead atoms. The van der Waals surface area contributed by atoms with E-state index in [4.69, 9.17) is 0 Å². The zero-order chi connectivity index (χ0) is 18.2. The van der Waals surface area contributed by atoms with Gasteiger partial charge in [-0.1, -0.05) is 38.8 Å². The zero-order valence-corrected chi connectivity index (χ0v) is 15.9. The minimum Gasteiger partial charge on any atom is -0.354 e. The minimum atomic E-state index is 0.158. The highest BCUT2D eigenvalue weighted by atomic mass is 16.1. The van der Waals surface area contributed by atoms with Crippen molar-refractivity contribution in [1.29, 1.82) is 0 Å². The summed E-state index contributed by atoms with van der Waals surface area (Å²) in [6.07, 6.45) is 4.37. The van der Waals surface area contributed by atoms with Crippen molar-refractivity contribution in [1.82, 2.24) is 10.6 Å². The van der Waals surface area contributed by atoms with Crippen LogP contribution in [0.2, 0.25) is 0 Å². The molecule has 0 spiro atoms. The maximum atomic E-state index is 12.3. The van der Waals surface area contributed by atoms with Crippen molar-refractivity contribution in [3.8, 4) is 0 Å². The third kappa shape index (κ3) is 6.07. The van der Waals surface area contributed by atoms with E-state index in [0.29, 0.717) is 18.5 Å². The first kappa shape index (κ1) is 19.3. The van der Waals surface area contributed by atoms with Gasteiger partial charge in [-0.2, -0.15) is 0 Å². The molecule has 1 aliphatic carbocycles. The van der Waals surface area contributed by atoms with Crippen LogP contribution >= 0.6 is 0 Å². The lowest BCUT2D eigenvalue weighted by Gasteiger charge is -2.21. The number of guanidine groups is 1. The number of nitrogens with one attached hydrogen (secondary N) is 3. The Morgan fingerprint density at radius 2 is 1.96 bits per heavy atom. The summed E-state index contributed by atoms with van der Waals surface area (Å²) in [6, 6.07) is 8.36. The number of rotatable bonds is 6. The molecule has 3 N–H and O–H groups in total. The largest absolute Gasteiger partial charge is 0.354 e. The van der Waals surface area contributed by atoms with Crippen LogP contribution in [0.1, 0.15) is 52.0 Å². The van der Waals surface area contributed by atoms with E-state index in [9.17, 15) is 4.79 Å². The molecule has 0 saturated heterocycles. The third-order valence-corrected chi connectivity index (χ3v) is 4.97. The number of carbonyl (C=O) groups is 1. The number of hydrogen-bond donors (Lipinski definition) is 3. The van der Waals surface area contributed by atoms with E-state index in [2.05, 4.69) is 47.8 Å². The lowest BCUT2D eigenvalue weighted by Crippen LogP contribution is -2.43. The molecule has 1 atom stereocenters. The minimum absolute atomic E-state index is 0.158. The van der Waals surface area contributed by atoms with Crippen molar-refractivity contribution in [2.45, 2.75) is 59.0 Å². The number of hydrogen-bond acceptors (Lipinski definition) is 2. The summed E-state index contributed by atoms with van der Waals surface area (Å²) in [4.78, 5) is 16.5. The van der Waals surface area contributed by atoms with E-state index in [0.717, 1.165) is 30.1 Å². The first-order chi connectivity index (χ1) is 12.0. The Hall–Kier alpha value is -2.04. The van der Waals surface area contributed by atoms with Gasteiger partial charge in [0, 0.05) is 31.2 Å². The summed E-state index contributed by atoms with van der Waals surface area (Å²) < 4.78 is 0. The van der Waals surface area contributed by atoms with Crippen molar-refractivity contribution in [2.75, 3.05) is 12.4 Å². The first-order valence-corrected chi connectivity index (χ1v) is 9.36. The van der Waals surface area contributed by atoms with E-state index < -0.39 is 0 Å². The number of nitrogens with zero attached hydrogens (tertiary/aromatic N) is 1. The number of carbonyl (C=O) groups excluding carboxylic acids is 1. The summed E-state index contributed by atoms with van der Waals surface area (Å²) in [5.41, 5.74) is 1.99. The highest BCUT2D eigenvalue weighted by Gasteiger charge is 2.22. The molecule has 1 amide bonds. The van der Waals surface area contributed by atoms with Crippen LogP contribution in [-0.2, 0) is 11.3 Å². The standard InChI is InChI=1S/C20H32N4O/c1-14(2)15(3)23-20(21-4)22-13-16-8-7-11-18(12-16)24-19(25)17-9-5-6-10-17/h7-8,11-12,14-15,17H,5-6,9-10,13H2,1-4H3,(H,24,25)(H2,21,22,23). The van der Waals surface area contributed by atoms with Crippen LogP contribution in [0.4, 0.5) is 5.69 Å². The quantitative estimate of drug-likeness (QED) is 0.546. The maximum Gasteiger partial charge on any atom is 0.227 e. The molecular weight excluding hydrogens is 312 g/mol. The SMILES string of the molecule is CN=C(NCc1cccc(NC(=O)C2CCCC2)c1)NC(C)C(C)C. The fourth-order valence-corrected chi connectivity index (χ4v) is 2.95. The van der Waals surface area contributed by atoms with Crippen LogP contribution in [0.25, 0.3) is 0 Å². The van der Waals surface area contributed by atoms with Gasteiger partial charge in [-0.3, -0.25) is 9.79 Å². The molecule has 5 heteroatoms. The topological polar surface area (TPSA) is 65.5 Å². The highest BCUT2D eigenvalue weighted by molar-refractivity contribution is 5.92. The lowest BCUT2D eigenvalue weighted by molar-refractivity contribution is -0.119. The van der Waals surface area contributed by atoms with E-state index >= 15 is 0 Å². The Kier molecular flexibility index (Phi) is 7.29. The molecule has 2 rings (SSSR count). The van der Waals surface area contributed by atoms with E-state index in [1.807, 2.05) is 18.2 Å². The Labute approximate surface area is 151 Å². The Bertz CT molecular complexity index is 591. The molecule has 1 aromatic carbocycles. The predicted molar refractivity (Wildman–Crippen MR) is 105 cm³/mol. The van der Waals surface area contributed by atoms with Gasteiger partial charge in [0.25, 0.3) is 0 Å². The molecule has 0 heterocycles. The molecular formula is C20H32N4O. The maximum absolute atomic E-state index is 12.3. The fraction of sp³-hybridized carbons (Fsp3) is 0.600. The van der Waals surface area contributed by atoms with Crippen LogP contribution in [0, 0.1) is 11.8 Å². The van der Waals surface area contributed by atoms with Crippen LogP contribution in [-0.4, -0.2) is 25.0 Å². The van der Waals surface area contributed by atoms with Crippen LogP contribution in [0.5, 0.6) is 0 Å². The Morgan fingerprint density at radius 1 is 1.24 bits per heavy atom. The van der Waals surface area contributed by atoms with E-state index in [1.54, 1.807) is 7.05 Å². The fourth-order valence-electron chi connectivity index (χ4n) is 2.95. The zero-order valence-electron chi connectivity index (χ0n) is 15.9. The van der Waals surface area contributed by atoms with Gasteiger partial charge in [-0.15, -0.1) is 0 Å². The summed E-state index contributed by atoms with van der Waals surface area (Å²) >= 11 is 0. The Balaban J connectivity index is 1.88. The third-order valence-electron chi connectivity index (χ3n) is 4.97. The molecule has 138 valence electrons. The van der Waals surface area contributed by atoms with Gasteiger partial charge >= 0.3 is 0 Å². The molecule has 1 aliphatic rings. The molecule has 1 fully saturated rings. The summed E-state index contributed by atoms with van der Waals surface area (Å²) in [5, 5.41) is 9.78. The average molecular weight is 345 g/mol. The van der Waals surface area contributed by atoms with Gasteiger partial charge in [0.1, 0.15) is 0 Å². The number of amides is 1. The number of aliphatic imine (C=N–C) groups is 1.